The van der Waals surface area contributed by atoms with Crippen molar-refractivity contribution >= 4 is 17.3 Å². The number of carbonyl (C=O) groups is 1. The number of esters is 1. The number of benzene rings is 1. The van der Waals surface area contributed by atoms with Gasteiger partial charge in [-0.1, -0.05) is 103 Å². The maximum absolute atomic E-state index is 12.1. The molecule has 8 heteroatoms. The molecule has 8 nitrogen and oxygen atoms in total. The van der Waals surface area contributed by atoms with Crippen LogP contribution in [0.3, 0.4) is 0 Å². The predicted octanol–water partition coefficient (Wildman–Crippen LogP) is 7.92. The maximum atomic E-state index is 12.1. The summed E-state index contributed by atoms with van der Waals surface area (Å²) in [5, 5.41) is 21.8. The van der Waals surface area contributed by atoms with Crippen molar-refractivity contribution < 1.29 is 19.4 Å². The van der Waals surface area contributed by atoms with E-state index in [1.807, 2.05) is 0 Å². The normalized spacial score (nSPS) is 10.8. The number of nitrogens with zero attached hydrogens (tertiary/aromatic N) is 2. The van der Waals surface area contributed by atoms with Gasteiger partial charge in [0.2, 0.25) is 0 Å². The summed E-state index contributed by atoms with van der Waals surface area (Å²) in [5.74, 6) is -0.775. The van der Waals surface area contributed by atoms with Crippen LogP contribution >= 0.6 is 0 Å². The van der Waals surface area contributed by atoms with Gasteiger partial charge in [0.1, 0.15) is 0 Å². The first-order valence-electron chi connectivity index (χ1n) is 12.6. The fourth-order valence-corrected chi connectivity index (χ4v) is 3.82. The first kappa shape index (κ1) is 28.5. The highest BCUT2D eigenvalue weighted by Crippen LogP contribution is 2.23. The molecule has 1 aromatic rings. The minimum atomic E-state index is -0.775. The van der Waals surface area contributed by atoms with Crippen molar-refractivity contribution in [2.45, 2.75) is 110 Å². The van der Waals surface area contributed by atoms with Crippen molar-refractivity contribution in [3.05, 3.63) is 44.0 Å². The number of hydrogen-bond acceptors (Lipinski definition) is 6. The van der Waals surface area contributed by atoms with Gasteiger partial charge >= 0.3 is 5.97 Å². The summed E-state index contributed by atoms with van der Waals surface area (Å²) in [7, 11) is 0. The zero-order valence-electron chi connectivity index (χ0n) is 20.1. The first-order chi connectivity index (χ1) is 16.0. The molecule has 0 radical (unpaired) electrons. The smallest absolute Gasteiger partial charge is 0.338 e. The Morgan fingerprint density at radius 3 is 1.39 bits per heavy atom. The minimum absolute atomic E-state index is 0.174. The highest BCUT2D eigenvalue weighted by molar-refractivity contribution is 5.91. The van der Waals surface area contributed by atoms with Gasteiger partial charge in [0, 0.05) is 12.1 Å². The summed E-state index contributed by atoms with van der Waals surface area (Å²) in [6.45, 7) is 2.45. The molecule has 0 atom stereocenters. The second kappa shape index (κ2) is 18.0. The Bertz CT molecular complexity index is 691. The number of non-ortho nitro benzene ring substituents is 2. The van der Waals surface area contributed by atoms with Crippen molar-refractivity contribution in [3.8, 4) is 0 Å². The molecule has 0 fully saturated rings. The Morgan fingerprint density at radius 1 is 0.667 bits per heavy atom. The molecule has 0 aliphatic carbocycles. The van der Waals surface area contributed by atoms with E-state index in [1.54, 1.807) is 0 Å². The summed E-state index contributed by atoms with van der Waals surface area (Å²) >= 11 is 0. The van der Waals surface area contributed by atoms with Crippen molar-refractivity contribution in [1.29, 1.82) is 0 Å². The van der Waals surface area contributed by atoms with Crippen LogP contribution in [0.25, 0.3) is 0 Å². The van der Waals surface area contributed by atoms with Gasteiger partial charge in [0.15, 0.2) is 0 Å². The summed E-state index contributed by atoms with van der Waals surface area (Å²) in [6, 6.07) is 2.83. The van der Waals surface area contributed by atoms with E-state index in [2.05, 4.69) is 6.92 Å². The van der Waals surface area contributed by atoms with Crippen LogP contribution in [-0.2, 0) is 4.74 Å². The average molecular weight is 465 g/mol. The maximum Gasteiger partial charge on any atom is 0.338 e. The van der Waals surface area contributed by atoms with Gasteiger partial charge < -0.3 is 4.74 Å². The molecule has 0 amide bonds. The molecule has 0 spiro atoms. The monoisotopic (exact) mass is 464 g/mol. The number of unbranched alkanes of at least 4 members (excludes halogenated alkanes) is 15. The number of nitro groups is 2. The van der Waals surface area contributed by atoms with Crippen LogP contribution in [0.2, 0.25) is 0 Å². The van der Waals surface area contributed by atoms with Gasteiger partial charge in [-0.15, -0.1) is 0 Å². The quantitative estimate of drug-likeness (QED) is 0.0838. The van der Waals surface area contributed by atoms with Crippen molar-refractivity contribution in [1.82, 2.24) is 0 Å². The number of nitro benzene ring substituents is 2. The average Bonchev–Trinajstić information content (AvgIpc) is 2.80. The van der Waals surface area contributed by atoms with Gasteiger partial charge in [-0.25, -0.2) is 4.79 Å². The zero-order chi connectivity index (χ0) is 24.3. The molecular formula is C25H40N2O6. The van der Waals surface area contributed by atoms with Crippen molar-refractivity contribution in [2.24, 2.45) is 0 Å². The second-order valence-corrected chi connectivity index (χ2v) is 8.69. The Kier molecular flexibility index (Phi) is 15.5. The zero-order valence-corrected chi connectivity index (χ0v) is 20.1. The van der Waals surface area contributed by atoms with Crippen LogP contribution in [-0.4, -0.2) is 22.4 Å². The molecule has 33 heavy (non-hydrogen) atoms. The van der Waals surface area contributed by atoms with Crippen LogP contribution in [0.4, 0.5) is 11.4 Å². The molecular weight excluding hydrogens is 424 g/mol. The Morgan fingerprint density at radius 2 is 1.03 bits per heavy atom. The van der Waals surface area contributed by atoms with Crippen LogP contribution in [0.15, 0.2) is 18.2 Å². The van der Waals surface area contributed by atoms with Gasteiger partial charge in [0.25, 0.3) is 11.4 Å². The lowest BCUT2D eigenvalue weighted by atomic mass is 10.0. The van der Waals surface area contributed by atoms with E-state index in [-0.39, 0.29) is 12.2 Å². The Labute approximate surface area is 197 Å². The van der Waals surface area contributed by atoms with E-state index in [9.17, 15) is 25.0 Å². The van der Waals surface area contributed by atoms with E-state index in [4.69, 9.17) is 4.74 Å². The fraction of sp³-hybridized carbons (Fsp3) is 0.720. The van der Waals surface area contributed by atoms with E-state index in [0.29, 0.717) is 6.42 Å². The van der Waals surface area contributed by atoms with Crippen LogP contribution < -0.4 is 0 Å². The molecule has 0 aliphatic heterocycles. The highest BCUT2D eigenvalue weighted by atomic mass is 16.6. The summed E-state index contributed by atoms with van der Waals surface area (Å²) < 4.78 is 5.13. The predicted molar refractivity (Wildman–Crippen MR) is 130 cm³/mol. The Hall–Kier alpha value is -2.51. The second-order valence-electron chi connectivity index (χ2n) is 8.69. The van der Waals surface area contributed by atoms with Crippen LogP contribution in [0.1, 0.15) is 120 Å². The van der Waals surface area contributed by atoms with E-state index < -0.39 is 27.2 Å². The molecule has 1 aromatic carbocycles. The third-order valence-electron chi connectivity index (χ3n) is 5.79. The molecule has 1 rings (SSSR count). The molecule has 0 aliphatic rings. The fourth-order valence-electron chi connectivity index (χ4n) is 3.82. The number of ether oxygens (including phenoxy) is 1. The third kappa shape index (κ3) is 13.6. The molecule has 0 saturated heterocycles. The summed E-state index contributed by atoms with van der Waals surface area (Å²) in [4.78, 5) is 32.4. The van der Waals surface area contributed by atoms with Crippen molar-refractivity contribution in [2.75, 3.05) is 6.61 Å². The lowest BCUT2D eigenvalue weighted by Gasteiger charge is -2.06. The lowest BCUT2D eigenvalue weighted by molar-refractivity contribution is -0.394. The summed E-state index contributed by atoms with van der Waals surface area (Å²) in [6.07, 6.45) is 20.0. The Balaban J connectivity index is 2.03. The minimum Gasteiger partial charge on any atom is -0.462 e. The summed E-state index contributed by atoms with van der Waals surface area (Å²) in [5.41, 5.74) is -1.18. The molecule has 0 heterocycles. The standard InChI is InChI=1S/C25H40N2O6/c1-2-3-4-5-6-7-8-9-10-11-12-13-14-15-16-17-18-33-25(28)22-19-23(26(29)30)21-24(20-22)27(31)32/h19-21H,2-18H2,1H3. The van der Waals surface area contributed by atoms with Crippen molar-refractivity contribution in [3.63, 3.8) is 0 Å². The van der Waals surface area contributed by atoms with Gasteiger partial charge in [0.05, 0.1) is 28.1 Å². The number of rotatable bonds is 20. The lowest BCUT2D eigenvalue weighted by Crippen LogP contribution is -2.08. The first-order valence-corrected chi connectivity index (χ1v) is 12.6. The van der Waals surface area contributed by atoms with E-state index >= 15 is 0 Å². The van der Waals surface area contributed by atoms with E-state index in [0.717, 1.165) is 31.0 Å². The third-order valence-corrected chi connectivity index (χ3v) is 5.79. The number of hydrogen-bond donors (Lipinski definition) is 0. The van der Waals surface area contributed by atoms with Crippen LogP contribution in [0, 0.1) is 20.2 Å². The van der Waals surface area contributed by atoms with E-state index in [1.165, 1.54) is 83.5 Å². The topological polar surface area (TPSA) is 113 Å². The SMILES string of the molecule is CCCCCCCCCCCCCCCCCCOC(=O)c1cc([N+](=O)[O-])cc([N+](=O)[O-])c1. The highest BCUT2D eigenvalue weighted by Gasteiger charge is 2.20. The van der Waals surface area contributed by atoms with Gasteiger partial charge in [-0.2, -0.15) is 0 Å². The molecule has 0 N–H and O–H groups in total. The number of carbonyl (C=O) groups excluding carboxylic acids is 1. The largest absolute Gasteiger partial charge is 0.462 e. The van der Waals surface area contributed by atoms with Gasteiger partial charge in [-0.05, 0) is 6.42 Å². The molecule has 0 saturated carbocycles. The molecule has 0 aromatic heterocycles. The molecule has 186 valence electrons. The molecule has 0 unspecified atom stereocenters. The van der Waals surface area contributed by atoms with Gasteiger partial charge in [-0.3, -0.25) is 20.2 Å². The molecule has 0 bridgehead atoms. The van der Waals surface area contributed by atoms with Crippen LogP contribution in [0.5, 0.6) is 0 Å².